The SMILES string of the molecule is COc1ccc(N2CCN(c3ncc(C(=O)NC4CCCC4)cn3)CC2)cc1. The molecule has 2 aromatic rings. The second kappa shape index (κ2) is 8.46. The van der Waals surface area contributed by atoms with E-state index in [2.05, 4.69) is 37.2 Å². The Balaban J connectivity index is 1.32. The van der Waals surface area contributed by atoms with Crippen LogP contribution in [0.5, 0.6) is 5.75 Å². The van der Waals surface area contributed by atoms with Crippen LogP contribution in [0.3, 0.4) is 0 Å². The maximum atomic E-state index is 12.3. The van der Waals surface area contributed by atoms with Crippen LogP contribution in [0.15, 0.2) is 36.7 Å². The third kappa shape index (κ3) is 4.18. The predicted molar refractivity (Wildman–Crippen MR) is 109 cm³/mol. The average molecular weight is 381 g/mol. The molecule has 1 N–H and O–H groups in total. The summed E-state index contributed by atoms with van der Waals surface area (Å²) >= 11 is 0. The van der Waals surface area contributed by atoms with E-state index in [4.69, 9.17) is 4.74 Å². The monoisotopic (exact) mass is 381 g/mol. The van der Waals surface area contributed by atoms with Gasteiger partial charge in [0, 0.05) is 50.3 Å². The molecule has 2 aliphatic rings. The highest BCUT2D eigenvalue weighted by molar-refractivity contribution is 5.93. The van der Waals surface area contributed by atoms with Crippen molar-refractivity contribution in [1.29, 1.82) is 0 Å². The number of piperazine rings is 1. The highest BCUT2D eigenvalue weighted by atomic mass is 16.5. The van der Waals surface area contributed by atoms with Crippen LogP contribution in [0.25, 0.3) is 0 Å². The van der Waals surface area contributed by atoms with Gasteiger partial charge in [-0.2, -0.15) is 0 Å². The van der Waals surface area contributed by atoms with E-state index in [-0.39, 0.29) is 5.91 Å². The minimum Gasteiger partial charge on any atom is -0.497 e. The summed E-state index contributed by atoms with van der Waals surface area (Å²) in [5, 5.41) is 3.08. The van der Waals surface area contributed by atoms with Gasteiger partial charge < -0.3 is 19.9 Å². The van der Waals surface area contributed by atoms with E-state index in [9.17, 15) is 4.79 Å². The molecule has 4 rings (SSSR count). The number of hydrogen-bond acceptors (Lipinski definition) is 6. The Morgan fingerprint density at radius 1 is 1.00 bits per heavy atom. The van der Waals surface area contributed by atoms with E-state index in [1.807, 2.05) is 12.1 Å². The minimum absolute atomic E-state index is 0.0669. The number of amides is 1. The third-order valence-electron chi connectivity index (χ3n) is 5.59. The summed E-state index contributed by atoms with van der Waals surface area (Å²) in [6.07, 6.45) is 7.82. The van der Waals surface area contributed by atoms with Crippen molar-refractivity contribution in [1.82, 2.24) is 15.3 Å². The highest BCUT2D eigenvalue weighted by Crippen LogP contribution is 2.22. The van der Waals surface area contributed by atoms with Crippen LogP contribution in [0.4, 0.5) is 11.6 Å². The Morgan fingerprint density at radius 3 is 2.21 bits per heavy atom. The molecule has 0 radical (unpaired) electrons. The van der Waals surface area contributed by atoms with E-state index >= 15 is 0 Å². The molecule has 0 bridgehead atoms. The predicted octanol–water partition coefficient (Wildman–Crippen LogP) is 2.48. The van der Waals surface area contributed by atoms with E-state index in [0.29, 0.717) is 17.6 Å². The molecule has 28 heavy (non-hydrogen) atoms. The summed E-state index contributed by atoms with van der Waals surface area (Å²) in [6.45, 7) is 3.50. The third-order valence-corrected chi connectivity index (χ3v) is 5.59. The number of nitrogens with one attached hydrogen (secondary N) is 1. The number of rotatable bonds is 5. The van der Waals surface area contributed by atoms with E-state index in [1.165, 1.54) is 18.5 Å². The van der Waals surface area contributed by atoms with Crippen LogP contribution in [-0.2, 0) is 0 Å². The summed E-state index contributed by atoms with van der Waals surface area (Å²) in [5.41, 5.74) is 1.73. The second-order valence-corrected chi connectivity index (χ2v) is 7.40. The fourth-order valence-corrected chi connectivity index (χ4v) is 3.90. The summed E-state index contributed by atoms with van der Waals surface area (Å²) in [5.74, 6) is 1.49. The summed E-state index contributed by atoms with van der Waals surface area (Å²) in [7, 11) is 1.68. The van der Waals surface area contributed by atoms with Gasteiger partial charge in [0.05, 0.1) is 12.7 Å². The molecule has 148 valence electrons. The number of ether oxygens (including phenoxy) is 1. The zero-order valence-corrected chi connectivity index (χ0v) is 16.3. The van der Waals surface area contributed by atoms with Gasteiger partial charge in [0.15, 0.2) is 0 Å². The molecule has 1 saturated carbocycles. The number of methoxy groups -OCH3 is 1. The molecule has 1 saturated heterocycles. The van der Waals surface area contributed by atoms with Crippen molar-refractivity contribution in [3.63, 3.8) is 0 Å². The molecular formula is C21H27N5O2. The average Bonchev–Trinajstić information content (AvgIpc) is 3.27. The Hall–Kier alpha value is -2.83. The van der Waals surface area contributed by atoms with Crippen LogP contribution < -0.4 is 19.9 Å². The van der Waals surface area contributed by atoms with Gasteiger partial charge in [0.1, 0.15) is 5.75 Å². The standard InChI is InChI=1S/C21H27N5O2/c1-28-19-8-6-18(7-9-19)25-10-12-26(13-11-25)21-22-14-16(15-23-21)20(27)24-17-4-2-3-5-17/h6-9,14-15,17H,2-5,10-13H2,1H3,(H,24,27). The zero-order valence-electron chi connectivity index (χ0n) is 16.3. The van der Waals surface area contributed by atoms with Crippen molar-refractivity contribution in [2.75, 3.05) is 43.1 Å². The van der Waals surface area contributed by atoms with E-state index < -0.39 is 0 Å². The van der Waals surface area contributed by atoms with Crippen LogP contribution in [-0.4, -0.2) is 55.2 Å². The number of nitrogens with zero attached hydrogens (tertiary/aromatic N) is 4. The summed E-state index contributed by atoms with van der Waals surface area (Å²) in [6, 6.07) is 8.45. The molecule has 0 atom stereocenters. The van der Waals surface area contributed by atoms with Gasteiger partial charge in [-0.15, -0.1) is 0 Å². The first-order valence-corrected chi connectivity index (χ1v) is 10.00. The van der Waals surface area contributed by atoms with Gasteiger partial charge in [0.25, 0.3) is 5.91 Å². The lowest BCUT2D eigenvalue weighted by molar-refractivity contribution is 0.0937. The molecular weight excluding hydrogens is 354 g/mol. The van der Waals surface area contributed by atoms with Crippen LogP contribution >= 0.6 is 0 Å². The van der Waals surface area contributed by atoms with E-state index in [0.717, 1.165) is 44.8 Å². The smallest absolute Gasteiger partial charge is 0.254 e. The van der Waals surface area contributed by atoms with Gasteiger partial charge >= 0.3 is 0 Å². The first-order chi connectivity index (χ1) is 13.7. The fourth-order valence-electron chi connectivity index (χ4n) is 3.90. The summed E-state index contributed by atoms with van der Waals surface area (Å²) in [4.78, 5) is 25.7. The van der Waals surface area contributed by atoms with Crippen LogP contribution in [0.1, 0.15) is 36.0 Å². The van der Waals surface area contributed by atoms with Crippen molar-refractivity contribution in [3.05, 3.63) is 42.2 Å². The molecule has 2 fully saturated rings. The molecule has 1 amide bonds. The minimum atomic E-state index is -0.0669. The number of carbonyl (C=O) groups excluding carboxylic acids is 1. The number of benzene rings is 1. The van der Waals surface area contributed by atoms with Gasteiger partial charge in [-0.3, -0.25) is 4.79 Å². The van der Waals surface area contributed by atoms with E-state index in [1.54, 1.807) is 19.5 Å². The lowest BCUT2D eigenvalue weighted by atomic mass is 10.2. The van der Waals surface area contributed by atoms with Gasteiger partial charge in [-0.05, 0) is 37.1 Å². The Bertz CT molecular complexity index is 779. The first-order valence-electron chi connectivity index (χ1n) is 10.00. The fraction of sp³-hybridized carbons (Fsp3) is 0.476. The maximum absolute atomic E-state index is 12.3. The molecule has 7 heteroatoms. The van der Waals surface area contributed by atoms with Crippen LogP contribution in [0, 0.1) is 0 Å². The van der Waals surface area contributed by atoms with Gasteiger partial charge in [-0.1, -0.05) is 12.8 Å². The van der Waals surface area contributed by atoms with Crippen molar-refractivity contribution in [3.8, 4) is 5.75 Å². The highest BCUT2D eigenvalue weighted by Gasteiger charge is 2.21. The molecule has 1 aliphatic carbocycles. The number of hydrogen-bond donors (Lipinski definition) is 1. The zero-order chi connectivity index (χ0) is 19.3. The second-order valence-electron chi connectivity index (χ2n) is 7.40. The lowest BCUT2D eigenvalue weighted by Crippen LogP contribution is -2.47. The van der Waals surface area contributed by atoms with Crippen molar-refractivity contribution < 1.29 is 9.53 Å². The Kier molecular flexibility index (Phi) is 5.60. The number of aromatic nitrogens is 2. The first kappa shape index (κ1) is 18.5. The van der Waals surface area contributed by atoms with Crippen molar-refractivity contribution in [2.45, 2.75) is 31.7 Å². The lowest BCUT2D eigenvalue weighted by Gasteiger charge is -2.36. The molecule has 0 spiro atoms. The quantitative estimate of drug-likeness (QED) is 0.858. The number of anilines is 2. The molecule has 2 heterocycles. The topological polar surface area (TPSA) is 70.6 Å². The summed E-state index contributed by atoms with van der Waals surface area (Å²) < 4.78 is 5.22. The van der Waals surface area contributed by atoms with Crippen molar-refractivity contribution >= 4 is 17.5 Å². The molecule has 0 unspecified atom stereocenters. The molecule has 1 aromatic carbocycles. The normalized spacial score (nSPS) is 17.6. The van der Waals surface area contributed by atoms with Gasteiger partial charge in [-0.25, -0.2) is 9.97 Å². The number of carbonyl (C=O) groups is 1. The van der Waals surface area contributed by atoms with Gasteiger partial charge in [0.2, 0.25) is 5.95 Å². The van der Waals surface area contributed by atoms with Crippen molar-refractivity contribution in [2.24, 2.45) is 0 Å². The molecule has 1 aliphatic heterocycles. The Labute approximate surface area is 165 Å². The molecule has 7 nitrogen and oxygen atoms in total. The Morgan fingerprint density at radius 2 is 1.61 bits per heavy atom. The van der Waals surface area contributed by atoms with Crippen LogP contribution in [0.2, 0.25) is 0 Å². The maximum Gasteiger partial charge on any atom is 0.254 e. The molecule has 1 aromatic heterocycles. The largest absolute Gasteiger partial charge is 0.497 e.